The van der Waals surface area contributed by atoms with Gasteiger partial charge in [-0.05, 0) is 42.8 Å². The normalized spacial score (nSPS) is 10.9. The smallest absolute Gasteiger partial charge is 0.129 e. The minimum absolute atomic E-state index is 0.473. The van der Waals surface area contributed by atoms with Gasteiger partial charge in [-0.2, -0.15) is 0 Å². The van der Waals surface area contributed by atoms with Gasteiger partial charge in [-0.1, -0.05) is 30.7 Å². The number of benzene rings is 1. The van der Waals surface area contributed by atoms with Gasteiger partial charge in [0.1, 0.15) is 18.1 Å². The molecule has 0 amide bonds. The van der Waals surface area contributed by atoms with Crippen LogP contribution in [0.15, 0.2) is 40.8 Å². The van der Waals surface area contributed by atoms with Crippen LogP contribution in [0, 0.1) is 0 Å². The topological polar surface area (TPSA) is 34.4 Å². The van der Waals surface area contributed by atoms with Crippen LogP contribution in [-0.4, -0.2) is 6.54 Å². The van der Waals surface area contributed by atoms with Crippen molar-refractivity contribution in [3.05, 3.63) is 58.5 Å². The highest BCUT2D eigenvalue weighted by Gasteiger charge is 2.02. The number of halogens is 1. The van der Waals surface area contributed by atoms with E-state index in [0.717, 1.165) is 41.6 Å². The summed E-state index contributed by atoms with van der Waals surface area (Å²) < 4.78 is 11.3. The Kier molecular flexibility index (Phi) is 6.12. The molecule has 0 aliphatic rings. The molecule has 0 atom stereocenters. The summed E-state index contributed by atoms with van der Waals surface area (Å²) in [6.45, 7) is 4.92. The Morgan fingerprint density at radius 3 is 2.80 bits per heavy atom. The highest BCUT2D eigenvalue weighted by Crippen LogP contribution is 2.13. The van der Waals surface area contributed by atoms with E-state index in [1.54, 1.807) is 0 Å². The number of furan rings is 1. The van der Waals surface area contributed by atoms with Crippen molar-refractivity contribution in [3.63, 3.8) is 0 Å². The van der Waals surface area contributed by atoms with Gasteiger partial charge in [-0.15, -0.1) is 0 Å². The Labute approximate surface area is 124 Å². The van der Waals surface area contributed by atoms with Gasteiger partial charge in [0.15, 0.2) is 0 Å². The maximum Gasteiger partial charge on any atom is 0.129 e. The molecule has 1 N–H and O–H groups in total. The molecule has 0 fully saturated rings. The molecule has 1 heterocycles. The first-order valence-electron chi connectivity index (χ1n) is 6.88. The van der Waals surface area contributed by atoms with Crippen LogP contribution >= 0.6 is 11.6 Å². The van der Waals surface area contributed by atoms with Crippen LogP contribution in [0.1, 0.15) is 30.4 Å². The minimum Gasteiger partial charge on any atom is -0.462 e. The zero-order chi connectivity index (χ0) is 14.2. The number of rotatable bonds is 8. The average Bonchev–Trinajstić information content (AvgIpc) is 2.87. The van der Waals surface area contributed by atoms with E-state index in [0.29, 0.717) is 13.2 Å². The molecule has 0 bridgehead atoms. The van der Waals surface area contributed by atoms with Crippen LogP contribution in [0.3, 0.4) is 0 Å². The standard InChI is InChI=1S/C16H20ClNO2/c1-2-8-18-10-15-6-7-16(20-15)12-19-11-13-4-3-5-14(17)9-13/h3-7,9,18H,2,8,10-12H2,1H3. The molecule has 108 valence electrons. The highest BCUT2D eigenvalue weighted by molar-refractivity contribution is 6.30. The van der Waals surface area contributed by atoms with Gasteiger partial charge in [-0.3, -0.25) is 0 Å². The predicted octanol–water partition coefficient (Wildman–Crippen LogP) is 4.15. The van der Waals surface area contributed by atoms with E-state index in [1.165, 1.54) is 0 Å². The largest absolute Gasteiger partial charge is 0.462 e. The molecule has 0 unspecified atom stereocenters. The van der Waals surface area contributed by atoms with Crippen molar-refractivity contribution < 1.29 is 9.15 Å². The summed E-state index contributed by atoms with van der Waals surface area (Å²) in [5.74, 6) is 1.79. The van der Waals surface area contributed by atoms with Crippen LogP contribution in [0.25, 0.3) is 0 Å². The third kappa shape index (κ3) is 5.00. The molecule has 1 aromatic heterocycles. The van der Waals surface area contributed by atoms with Crippen LogP contribution < -0.4 is 5.32 Å². The Morgan fingerprint density at radius 2 is 2.00 bits per heavy atom. The van der Waals surface area contributed by atoms with Crippen LogP contribution in [0.2, 0.25) is 5.02 Å². The fraction of sp³-hybridized carbons (Fsp3) is 0.375. The summed E-state index contributed by atoms with van der Waals surface area (Å²) in [6.07, 6.45) is 1.12. The van der Waals surface area contributed by atoms with Crippen molar-refractivity contribution in [1.82, 2.24) is 5.32 Å². The summed E-state index contributed by atoms with van der Waals surface area (Å²) in [4.78, 5) is 0. The molecule has 3 nitrogen and oxygen atoms in total. The van der Waals surface area contributed by atoms with Gasteiger partial charge < -0.3 is 14.5 Å². The van der Waals surface area contributed by atoms with Crippen LogP contribution in [-0.2, 0) is 24.5 Å². The van der Waals surface area contributed by atoms with Crippen molar-refractivity contribution in [1.29, 1.82) is 0 Å². The molecule has 20 heavy (non-hydrogen) atoms. The summed E-state index contributed by atoms with van der Waals surface area (Å²) >= 11 is 5.92. The molecular formula is C16H20ClNO2. The Balaban J connectivity index is 1.74. The molecule has 0 radical (unpaired) electrons. The summed E-state index contributed by atoms with van der Waals surface area (Å²) in [5.41, 5.74) is 1.06. The zero-order valence-electron chi connectivity index (χ0n) is 11.7. The fourth-order valence-corrected chi connectivity index (χ4v) is 2.09. The summed E-state index contributed by atoms with van der Waals surface area (Å²) in [5, 5.41) is 4.03. The first kappa shape index (κ1) is 15.1. The second-order valence-corrected chi connectivity index (χ2v) is 5.10. The summed E-state index contributed by atoms with van der Waals surface area (Å²) in [7, 11) is 0. The first-order valence-corrected chi connectivity index (χ1v) is 7.26. The third-order valence-corrected chi connectivity index (χ3v) is 3.08. The lowest BCUT2D eigenvalue weighted by molar-refractivity contribution is 0.0920. The minimum atomic E-state index is 0.473. The lowest BCUT2D eigenvalue weighted by Crippen LogP contribution is -2.13. The van der Waals surface area contributed by atoms with Crippen molar-refractivity contribution in [2.24, 2.45) is 0 Å². The molecule has 0 aliphatic heterocycles. The van der Waals surface area contributed by atoms with Gasteiger partial charge in [0, 0.05) is 5.02 Å². The Bertz CT molecular complexity index is 525. The monoisotopic (exact) mass is 293 g/mol. The van der Waals surface area contributed by atoms with Gasteiger partial charge in [0.2, 0.25) is 0 Å². The van der Waals surface area contributed by atoms with Crippen molar-refractivity contribution in [3.8, 4) is 0 Å². The Hall–Kier alpha value is -1.29. The van der Waals surface area contributed by atoms with Gasteiger partial charge in [0.05, 0.1) is 13.2 Å². The first-order chi connectivity index (χ1) is 9.78. The number of hydrogen-bond acceptors (Lipinski definition) is 3. The molecule has 4 heteroatoms. The number of ether oxygens (including phenoxy) is 1. The number of nitrogens with one attached hydrogen (secondary N) is 1. The maximum atomic E-state index is 5.92. The van der Waals surface area contributed by atoms with E-state index in [9.17, 15) is 0 Å². The quantitative estimate of drug-likeness (QED) is 0.743. The van der Waals surface area contributed by atoms with E-state index < -0.39 is 0 Å². The van der Waals surface area contributed by atoms with Gasteiger partial charge in [-0.25, -0.2) is 0 Å². The SMILES string of the molecule is CCCNCc1ccc(COCc2cccc(Cl)c2)o1. The molecular weight excluding hydrogens is 274 g/mol. The van der Waals surface area contributed by atoms with Gasteiger partial charge in [0.25, 0.3) is 0 Å². The molecule has 1 aromatic carbocycles. The lowest BCUT2D eigenvalue weighted by atomic mass is 10.2. The molecule has 0 aliphatic carbocycles. The predicted molar refractivity (Wildman–Crippen MR) is 80.7 cm³/mol. The molecule has 0 spiro atoms. The van der Waals surface area contributed by atoms with Crippen molar-refractivity contribution in [2.45, 2.75) is 33.1 Å². The fourth-order valence-electron chi connectivity index (χ4n) is 1.88. The lowest BCUT2D eigenvalue weighted by Gasteiger charge is -2.03. The molecule has 0 saturated carbocycles. The average molecular weight is 294 g/mol. The molecule has 0 saturated heterocycles. The zero-order valence-corrected chi connectivity index (χ0v) is 12.5. The summed E-state index contributed by atoms with van der Waals surface area (Å²) in [6, 6.07) is 11.6. The van der Waals surface area contributed by atoms with Crippen LogP contribution in [0.4, 0.5) is 0 Å². The second-order valence-electron chi connectivity index (χ2n) is 4.67. The van der Waals surface area contributed by atoms with E-state index in [4.69, 9.17) is 20.8 Å². The number of hydrogen-bond donors (Lipinski definition) is 1. The van der Waals surface area contributed by atoms with E-state index in [2.05, 4.69) is 12.2 Å². The highest BCUT2D eigenvalue weighted by atomic mass is 35.5. The van der Waals surface area contributed by atoms with E-state index in [1.807, 2.05) is 36.4 Å². The van der Waals surface area contributed by atoms with Gasteiger partial charge >= 0.3 is 0 Å². The van der Waals surface area contributed by atoms with E-state index >= 15 is 0 Å². The Morgan fingerprint density at radius 1 is 1.15 bits per heavy atom. The van der Waals surface area contributed by atoms with Crippen molar-refractivity contribution in [2.75, 3.05) is 6.54 Å². The third-order valence-electron chi connectivity index (χ3n) is 2.85. The van der Waals surface area contributed by atoms with Crippen molar-refractivity contribution >= 4 is 11.6 Å². The molecule has 2 aromatic rings. The molecule has 2 rings (SSSR count). The second kappa shape index (κ2) is 8.10. The van der Waals surface area contributed by atoms with E-state index in [-0.39, 0.29) is 0 Å². The van der Waals surface area contributed by atoms with Crippen LogP contribution in [0.5, 0.6) is 0 Å². The maximum absolute atomic E-state index is 5.92.